The first kappa shape index (κ1) is 18.7. The number of aromatic nitrogens is 2. The Morgan fingerprint density at radius 1 is 0.963 bits per heavy atom. The number of aryl methyl sites for hydroxylation is 1. The number of anilines is 3. The number of benzene rings is 2. The summed E-state index contributed by atoms with van der Waals surface area (Å²) in [6, 6.07) is 19.9. The number of hydrogen-bond acceptors (Lipinski definition) is 5. The fourth-order valence-corrected chi connectivity index (χ4v) is 2.53. The third-order valence-electron chi connectivity index (χ3n) is 3.90. The van der Waals surface area contributed by atoms with Crippen molar-refractivity contribution in [2.75, 3.05) is 17.2 Å². The highest BCUT2D eigenvalue weighted by molar-refractivity contribution is 5.58. The molecule has 0 spiro atoms. The first-order chi connectivity index (χ1) is 13.1. The highest BCUT2D eigenvalue weighted by Crippen LogP contribution is 2.21. The van der Waals surface area contributed by atoms with Gasteiger partial charge in [-0.05, 0) is 42.7 Å². The second-order valence-electron chi connectivity index (χ2n) is 6.92. The first-order valence-corrected chi connectivity index (χ1v) is 9.22. The molecule has 2 N–H and O–H groups in total. The van der Waals surface area contributed by atoms with Gasteiger partial charge in [0, 0.05) is 24.0 Å². The van der Waals surface area contributed by atoms with Crippen LogP contribution in [0, 0.1) is 12.8 Å². The standard InChI is InChI=1S/C22H26N4O/c1-16(2)14-23-22-24-17(3)13-21(26-22)25-19-9-11-20(12-10-19)27-15-18-7-5-4-6-8-18/h4-13,16H,14-15H2,1-3H3,(H2,23,24,25,26). The van der Waals surface area contributed by atoms with Crippen molar-refractivity contribution < 1.29 is 4.74 Å². The van der Waals surface area contributed by atoms with Crippen LogP contribution in [0.1, 0.15) is 25.1 Å². The van der Waals surface area contributed by atoms with E-state index in [0.29, 0.717) is 18.5 Å². The largest absolute Gasteiger partial charge is 0.489 e. The number of rotatable bonds is 8. The third-order valence-corrected chi connectivity index (χ3v) is 3.90. The molecular weight excluding hydrogens is 336 g/mol. The Kier molecular flexibility index (Phi) is 6.26. The second kappa shape index (κ2) is 9.03. The Labute approximate surface area is 160 Å². The smallest absolute Gasteiger partial charge is 0.224 e. The molecule has 0 amide bonds. The van der Waals surface area contributed by atoms with Crippen LogP contribution in [0.5, 0.6) is 5.75 Å². The maximum Gasteiger partial charge on any atom is 0.224 e. The molecule has 0 aliphatic carbocycles. The predicted molar refractivity (Wildman–Crippen MR) is 111 cm³/mol. The molecule has 27 heavy (non-hydrogen) atoms. The first-order valence-electron chi connectivity index (χ1n) is 9.22. The van der Waals surface area contributed by atoms with Gasteiger partial charge >= 0.3 is 0 Å². The van der Waals surface area contributed by atoms with Crippen LogP contribution in [0.3, 0.4) is 0 Å². The maximum atomic E-state index is 5.83. The van der Waals surface area contributed by atoms with Crippen LogP contribution in [0.15, 0.2) is 60.7 Å². The van der Waals surface area contributed by atoms with Crippen LogP contribution in [-0.4, -0.2) is 16.5 Å². The zero-order valence-electron chi connectivity index (χ0n) is 16.1. The highest BCUT2D eigenvalue weighted by atomic mass is 16.5. The lowest BCUT2D eigenvalue weighted by molar-refractivity contribution is 0.306. The van der Waals surface area contributed by atoms with E-state index in [-0.39, 0.29) is 0 Å². The Morgan fingerprint density at radius 2 is 1.70 bits per heavy atom. The molecular formula is C22H26N4O. The summed E-state index contributed by atoms with van der Waals surface area (Å²) in [7, 11) is 0. The minimum Gasteiger partial charge on any atom is -0.489 e. The summed E-state index contributed by atoms with van der Waals surface area (Å²) in [5.41, 5.74) is 3.02. The molecule has 0 bridgehead atoms. The summed E-state index contributed by atoms with van der Waals surface area (Å²) in [4.78, 5) is 8.97. The number of ether oxygens (including phenoxy) is 1. The van der Waals surface area contributed by atoms with E-state index in [1.807, 2.05) is 55.5 Å². The summed E-state index contributed by atoms with van der Waals surface area (Å²) in [6.45, 7) is 7.68. The van der Waals surface area contributed by atoms with Crippen molar-refractivity contribution in [1.29, 1.82) is 0 Å². The van der Waals surface area contributed by atoms with E-state index < -0.39 is 0 Å². The van der Waals surface area contributed by atoms with Crippen molar-refractivity contribution in [3.8, 4) is 5.75 Å². The van der Waals surface area contributed by atoms with Gasteiger partial charge in [0.25, 0.3) is 0 Å². The molecule has 2 aromatic carbocycles. The Bertz CT molecular complexity index is 848. The highest BCUT2D eigenvalue weighted by Gasteiger charge is 2.04. The molecule has 3 aromatic rings. The average molecular weight is 362 g/mol. The zero-order valence-corrected chi connectivity index (χ0v) is 16.1. The van der Waals surface area contributed by atoms with Gasteiger partial charge in [0.05, 0.1) is 0 Å². The van der Waals surface area contributed by atoms with E-state index in [1.165, 1.54) is 0 Å². The molecule has 0 aliphatic rings. The molecule has 0 unspecified atom stereocenters. The van der Waals surface area contributed by atoms with Crippen molar-refractivity contribution in [2.45, 2.75) is 27.4 Å². The Hall–Kier alpha value is -3.08. The average Bonchev–Trinajstić information content (AvgIpc) is 2.66. The van der Waals surface area contributed by atoms with E-state index in [4.69, 9.17) is 4.74 Å². The van der Waals surface area contributed by atoms with E-state index in [0.717, 1.165) is 35.1 Å². The van der Waals surface area contributed by atoms with E-state index in [1.54, 1.807) is 0 Å². The monoisotopic (exact) mass is 362 g/mol. The summed E-state index contributed by atoms with van der Waals surface area (Å²) in [6.07, 6.45) is 0. The van der Waals surface area contributed by atoms with Gasteiger partial charge in [-0.15, -0.1) is 0 Å². The van der Waals surface area contributed by atoms with E-state index in [9.17, 15) is 0 Å². The van der Waals surface area contributed by atoms with Crippen LogP contribution in [0.25, 0.3) is 0 Å². The van der Waals surface area contributed by atoms with Gasteiger partial charge in [0.15, 0.2) is 0 Å². The van der Waals surface area contributed by atoms with Gasteiger partial charge < -0.3 is 15.4 Å². The van der Waals surface area contributed by atoms with Gasteiger partial charge in [0.1, 0.15) is 18.2 Å². The molecule has 3 rings (SSSR count). The molecule has 0 atom stereocenters. The molecule has 5 nitrogen and oxygen atoms in total. The minimum absolute atomic E-state index is 0.536. The SMILES string of the molecule is Cc1cc(Nc2ccc(OCc3ccccc3)cc2)nc(NCC(C)C)n1. The van der Waals surface area contributed by atoms with Gasteiger partial charge in [-0.1, -0.05) is 44.2 Å². The third kappa shape index (κ3) is 5.99. The fourth-order valence-electron chi connectivity index (χ4n) is 2.53. The molecule has 1 heterocycles. The zero-order chi connectivity index (χ0) is 19.1. The van der Waals surface area contributed by atoms with Crippen molar-refractivity contribution >= 4 is 17.5 Å². The lowest BCUT2D eigenvalue weighted by Crippen LogP contribution is -2.11. The molecule has 0 radical (unpaired) electrons. The summed E-state index contributed by atoms with van der Waals surface area (Å²) in [5, 5.41) is 6.60. The van der Waals surface area contributed by atoms with Gasteiger partial charge in [-0.3, -0.25) is 0 Å². The Morgan fingerprint density at radius 3 is 2.41 bits per heavy atom. The molecule has 0 aliphatic heterocycles. The van der Waals surface area contributed by atoms with E-state index in [2.05, 4.69) is 46.6 Å². The van der Waals surface area contributed by atoms with Crippen molar-refractivity contribution in [2.24, 2.45) is 5.92 Å². The van der Waals surface area contributed by atoms with Gasteiger partial charge in [-0.2, -0.15) is 4.98 Å². The molecule has 1 aromatic heterocycles. The number of nitrogens with one attached hydrogen (secondary N) is 2. The Balaban J connectivity index is 1.60. The number of nitrogens with zero attached hydrogens (tertiary/aromatic N) is 2. The molecule has 0 saturated carbocycles. The maximum absolute atomic E-state index is 5.83. The van der Waals surface area contributed by atoms with Gasteiger partial charge in [0.2, 0.25) is 5.95 Å². The lowest BCUT2D eigenvalue weighted by Gasteiger charge is -2.12. The van der Waals surface area contributed by atoms with Crippen LogP contribution >= 0.6 is 0 Å². The summed E-state index contributed by atoms with van der Waals surface area (Å²) < 4.78 is 5.83. The molecule has 0 saturated heterocycles. The molecule has 0 fully saturated rings. The van der Waals surface area contributed by atoms with Crippen molar-refractivity contribution in [1.82, 2.24) is 9.97 Å². The normalized spacial score (nSPS) is 10.7. The molecule has 5 heteroatoms. The van der Waals surface area contributed by atoms with Crippen LogP contribution in [-0.2, 0) is 6.61 Å². The topological polar surface area (TPSA) is 59.1 Å². The minimum atomic E-state index is 0.536. The fraction of sp³-hybridized carbons (Fsp3) is 0.273. The lowest BCUT2D eigenvalue weighted by atomic mass is 10.2. The van der Waals surface area contributed by atoms with Gasteiger partial charge in [-0.25, -0.2) is 4.98 Å². The van der Waals surface area contributed by atoms with Crippen LogP contribution < -0.4 is 15.4 Å². The molecule has 140 valence electrons. The predicted octanol–water partition coefficient (Wildman–Crippen LogP) is 5.18. The number of hydrogen-bond donors (Lipinski definition) is 2. The van der Waals surface area contributed by atoms with Crippen molar-refractivity contribution in [3.05, 3.63) is 71.9 Å². The van der Waals surface area contributed by atoms with E-state index >= 15 is 0 Å². The van der Waals surface area contributed by atoms with Crippen LogP contribution in [0.4, 0.5) is 17.5 Å². The second-order valence-corrected chi connectivity index (χ2v) is 6.92. The summed E-state index contributed by atoms with van der Waals surface area (Å²) >= 11 is 0. The quantitative estimate of drug-likeness (QED) is 0.578. The van der Waals surface area contributed by atoms with Crippen LogP contribution in [0.2, 0.25) is 0 Å². The van der Waals surface area contributed by atoms with Crippen molar-refractivity contribution in [3.63, 3.8) is 0 Å². The summed E-state index contributed by atoms with van der Waals surface area (Å²) in [5.74, 6) is 2.79.